The first-order chi connectivity index (χ1) is 13.8. The van der Waals surface area contributed by atoms with Crippen molar-refractivity contribution in [2.24, 2.45) is 0 Å². The summed E-state index contributed by atoms with van der Waals surface area (Å²) < 4.78 is 32.8. The van der Waals surface area contributed by atoms with Crippen molar-refractivity contribution in [2.75, 3.05) is 18.4 Å². The van der Waals surface area contributed by atoms with Gasteiger partial charge in [0.1, 0.15) is 5.75 Å². The molecule has 1 saturated heterocycles. The molecular weight excluding hydrogens is 388 g/mol. The Morgan fingerprint density at radius 3 is 2.34 bits per heavy atom. The normalized spacial score (nSPS) is 16.2. The molecule has 0 radical (unpaired) electrons. The van der Waals surface area contributed by atoms with E-state index in [1.54, 1.807) is 19.1 Å². The number of anilines is 1. The summed E-state index contributed by atoms with van der Waals surface area (Å²) in [5.74, 6) is 0.383. The molecule has 1 amide bonds. The molecule has 0 spiro atoms. The second-order valence-electron chi connectivity index (χ2n) is 7.51. The fourth-order valence-corrected chi connectivity index (χ4v) is 4.80. The summed E-state index contributed by atoms with van der Waals surface area (Å²) in [5.41, 5.74) is 2.55. The van der Waals surface area contributed by atoms with Gasteiger partial charge in [-0.15, -0.1) is 0 Å². The third-order valence-electron chi connectivity index (χ3n) is 5.09. The molecule has 1 aliphatic heterocycles. The van der Waals surface area contributed by atoms with Crippen molar-refractivity contribution in [3.8, 4) is 5.75 Å². The number of sulfonamides is 1. The topological polar surface area (TPSA) is 75.7 Å². The molecule has 0 bridgehead atoms. The van der Waals surface area contributed by atoms with E-state index in [0.29, 0.717) is 24.5 Å². The molecule has 0 unspecified atom stereocenters. The molecule has 156 valence electrons. The van der Waals surface area contributed by atoms with Gasteiger partial charge in [0.05, 0.1) is 4.90 Å². The summed E-state index contributed by atoms with van der Waals surface area (Å²) in [5, 5.41) is 2.78. The van der Waals surface area contributed by atoms with Gasteiger partial charge in [-0.2, -0.15) is 4.31 Å². The molecule has 0 saturated carbocycles. The van der Waals surface area contributed by atoms with Gasteiger partial charge in [0.25, 0.3) is 5.91 Å². The van der Waals surface area contributed by atoms with E-state index in [1.165, 1.54) is 16.4 Å². The van der Waals surface area contributed by atoms with Crippen LogP contribution in [0.3, 0.4) is 0 Å². The highest BCUT2D eigenvalue weighted by molar-refractivity contribution is 7.89. The molecule has 1 fully saturated rings. The van der Waals surface area contributed by atoms with Crippen LogP contribution in [0.1, 0.15) is 37.3 Å². The zero-order valence-corrected chi connectivity index (χ0v) is 18.0. The predicted octanol–water partition coefficient (Wildman–Crippen LogP) is 3.88. The standard InChI is InChI=1S/C22H28N2O4S/c1-16-7-8-17(2)21(15-16)28-18(3)22(25)23-19-9-11-20(12-10-19)29(26,27)24-13-5-4-6-14-24/h7-12,15,18H,4-6,13-14H2,1-3H3,(H,23,25)/t18-/m1/s1. The van der Waals surface area contributed by atoms with Crippen molar-refractivity contribution in [2.45, 2.75) is 51.0 Å². The van der Waals surface area contributed by atoms with E-state index in [0.717, 1.165) is 30.4 Å². The lowest BCUT2D eigenvalue weighted by Crippen LogP contribution is -2.35. The number of piperidine rings is 1. The van der Waals surface area contributed by atoms with Gasteiger partial charge in [0, 0.05) is 18.8 Å². The van der Waals surface area contributed by atoms with Crippen LogP contribution in [0.25, 0.3) is 0 Å². The number of nitrogens with one attached hydrogen (secondary N) is 1. The second kappa shape index (κ2) is 8.97. The fraction of sp³-hybridized carbons (Fsp3) is 0.409. The summed E-state index contributed by atoms with van der Waals surface area (Å²) in [6, 6.07) is 12.1. The fourth-order valence-electron chi connectivity index (χ4n) is 3.29. The van der Waals surface area contributed by atoms with Crippen molar-refractivity contribution < 1.29 is 17.9 Å². The van der Waals surface area contributed by atoms with Crippen LogP contribution in [0.2, 0.25) is 0 Å². The van der Waals surface area contributed by atoms with Gasteiger partial charge < -0.3 is 10.1 Å². The quantitative estimate of drug-likeness (QED) is 0.775. The van der Waals surface area contributed by atoms with Crippen LogP contribution in [0, 0.1) is 13.8 Å². The minimum Gasteiger partial charge on any atom is -0.481 e. The van der Waals surface area contributed by atoms with Crippen LogP contribution in [-0.4, -0.2) is 37.8 Å². The second-order valence-corrected chi connectivity index (χ2v) is 9.45. The van der Waals surface area contributed by atoms with Crippen molar-refractivity contribution in [1.82, 2.24) is 4.31 Å². The van der Waals surface area contributed by atoms with Crippen LogP contribution >= 0.6 is 0 Å². The molecule has 1 heterocycles. The highest BCUT2D eigenvalue weighted by Gasteiger charge is 2.26. The molecule has 7 heteroatoms. The van der Waals surface area contributed by atoms with Crippen LogP contribution in [-0.2, 0) is 14.8 Å². The van der Waals surface area contributed by atoms with E-state index >= 15 is 0 Å². The van der Waals surface area contributed by atoms with Gasteiger partial charge in [0.15, 0.2) is 6.10 Å². The minimum absolute atomic E-state index is 0.247. The van der Waals surface area contributed by atoms with Crippen molar-refractivity contribution in [3.63, 3.8) is 0 Å². The van der Waals surface area contributed by atoms with Gasteiger partial charge >= 0.3 is 0 Å². The molecular formula is C22H28N2O4S. The minimum atomic E-state index is -3.48. The van der Waals surface area contributed by atoms with E-state index in [2.05, 4.69) is 5.32 Å². The van der Waals surface area contributed by atoms with Gasteiger partial charge in [-0.05, 0) is 75.1 Å². The lowest BCUT2D eigenvalue weighted by atomic mass is 10.1. The van der Waals surface area contributed by atoms with Crippen LogP contribution in [0.4, 0.5) is 5.69 Å². The number of nitrogens with zero attached hydrogens (tertiary/aromatic N) is 1. The Kier molecular flexibility index (Phi) is 6.59. The van der Waals surface area contributed by atoms with Gasteiger partial charge in [-0.25, -0.2) is 8.42 Å². The van der Waals surface area contributed by atoms with E-state index in [1.807, 2.05) is 32.0 Å². The van der Waals surface area contributed by atoms with E-state index in [4.69, 9.17) is 4.74 Å². The van der Waals surface area contributed by atoms with E-state index in [9.17, 15) is 13.2 Å². The maximum absolute atomic E-state index is 12.7. The number of ether oxygens (including phenoxy) is 1. The Labute approximate surface area is 172 Å². The first-order valence-electron chi connectivity index (χ1n) is 9.92. The number of hydrogen-bond acceptors (Lipinski definition) is 4. The first-order valence-corrected chi connectivity index (χ1v) is 11.4. The number of aryl methyl sites for hydroxylation is 2. The molecule has 2 aromatic carbocycles. The third kappa shape index (κ3) is 5.16. The molecule has 0 aromatic heterocycles. The van der Waals surface area contributed by atoms with Crippen molar-refractivity contribution >= 4 is 21.6 Å². The predicted molar refractivity (Wildman–Crippen MR) is 114 cm³/mol. The molecule has 0 aliphatic carbocycles. The monoisotopic (exact) mass is 416 g/mol. The van der Waals surface area contributed by atoms with E-state index < -0.39 is 16.1 Å². The molecule has 1 atom stereocenters. The lowest BCUT2D eigenvalue weighted by molar-refractivity contribution is -0.122. The summed E-state index contributed by atoms with van der Waals surface area (Å²) in [4.78, 5) is 12.7. The molecule has 3 rings (SSSR count). The Balaban J connectivity index is 1.64. The first kappa shape index (κ1) is 21.3. The lowest BCUT2D eigenvalue weighted by Gasteiger charge is -2.25. The van der Waals surface area contributed by atoms with Crippen LogP contribution < -0.4 is 10.1 Å². The average molecular weight is 417 g/mol. The highest BCUT2D eigenvalue weighted by atomic mass is 32.2. The van der Waals surface area contributed by atoms with Gasteiger partial charge in [-0.1, -0.05) is 18.6 Å². The maximum atomic E-state index is 12.7. The van der Waals surface area contributed by atoms with Gasteiger partial charge in [0.2, 0.25) is 10.0 Å². The molecule has 1 N–H and O–H groups in total. The third-order valence-corrected chi connectivity index (χ3v) is 7.00. The molecule has 1 aliphatic rings. The zero-order valence-electron chi connectivity index (χ0n) is 17.1. The Hall–Kier alpha value is -2.38. The number of carbonyl (C=O) groups is 1. The zero-order chi connectivity index (χ0) is 21.0. The summed E-state index contributed by atoms with van der Waals surface area (Å²) >= 11 is 0. The van der Waals surface area contributed by atoms with Crippen molar-refractivity contribution in [1.29, 1.82) is 0 Å². The Bertz CT molecular complexity index is 965. The van der Waals surface area contributed by atoms with Crippen LogP contribution in [0.15, 0.2) is 47.4 Å². The van der Waals surface area contributed by atoms with E-state index in [-0.39, 0.29) is 10.8 Å². The Morgan fingerprint density at radius 2 is 1.69 bits per heavy atom. The SMILES string of the molecule is Cc1ccc(C)c(O[C@H](C)C(=O)Nc2ccc(S(=O)(=O)N3CCCCC3)cc2)c1. The summed E-state index contributed by atoms with van der Waals surface area (Å²) in [6.45, 7) is 6.71. The number of carbonyl (C=O) groups excluding carboxylic acids is 1. The number of benzene rings is 2. The number of rotatable bonds is 6. The maximum Gasteiger partial charge on any atom is 0.265 e. The Morgan fingerprint density at radius 1 is 1.03 bits per heavy atom. The smallest absolute Gasteiger partial charge is 0.265 e. The molecule has 6 nitrogen and oxygen atoms in total. The van der Waals surface area contributed by atoms with Crippen molar-refractivity contribution in [3.05, 3.63) is 53.6 Å². The summed E-state index contributed by atoms with van der Waals surface area (Å²) in [6.07, 6.45) is 2.17. The molecule has 29 heavy (non-hydrogen) atoms. The number of amides is 1. The van der Waals surface area contributed by atoms with Crippen LogP contribution in [0.5, 0.6) is 5.75 Å². The molecule has 2 aromatic rings. The van der Waals surface area contributed by atoms with Gasteiger partial charge in [-0.3, -0.25) is 4.79 Å². The summed E-state index contributed by atoms with van der Waals surface area (Å²) in [7, 11) is -3.48. The number of hydrogen-bond donors (Lipinski definition) is 1. The largest absolute Gasteiger partial charge is 0.481 e. The average Bonchev–Trinajstić information content (AvgIpc) is 2.71. The highest BCUT2D eigenvalue weighted by Crippen LogP contribution is 2.23.